The number of thioether (sulfide) groups is 1. The number of fused-ring (bicyclic) bond motifs is 1. The van der Waals surface area contributed by atoms with Gasteiger partial charge in [-0.3, -0.25) is 4.79 Å². The normalized spacial score (nSPS) is 11.7. The van der Waals surface area contributed by atoms with Crippen molar-refractivity contribution >= 4 is 22.7 Å². The van der Waals surface area contributed by atoms with Crippen molar-refractivity contribution in [2.24, 2.45) is 0 Å². The first kappa shape index (κ1) is 21.9. The van der Waals surface area contributed by atoms with E-state index >= 15 is 0 Å². The number of H-pyrrole nitrogens is 1. The van der Waals surface area contributed by atoms with Gasteiger partial charge in [-0.1, -0.05) is 56.8 Å². The second-order valence-corrected chi connectivity index (χ2v) is 9.52. The van der Waals surface area contributed by atoms with Crippen LogP contribution in [0.15, 0.2) is 58.5 Å². The molecule has 32 heavy (non-hydrogen) atoms. The fraction of sp³-hybridized carbons (Fsp3) is 0.304. The molecule has 2 aromatic carbocycles. The molecule has 0 amide bonds. The van der Waals surface area contributed by atoms with Crippen LogP contribution in [0.3, 0.4) is 0 Å². The molecule has 4 aromatic rings. The molecule has 0 saturated heterocycles. The van der Waals surface area contributed by atoms with E-state index in [4.69, 9.17) is 10.6 Å². The van der Waals surface area contributed by atoms with Crippen LogP contribution in [-0.2, 0) is 18.4 Å². The van der Waals surface area contributed by atoms with Gasteiger partial charge in [0.05, 0.1) is 10.9 Å². The van der Waals surface area contributed by atoms with E-state index in [0.717, 1.165) is 5.75 Å². The summed E-state index contributed by atoms with van der Waals surface area (Å²) < 4.78 is 7.25. The van der Waals surface area contributed by atoms with Crippen LogP contribution in [0.5, 0.6) is 5.75 Å². The number of nitrogens with two attached hydrogens (primary N) is 1. The number of aromatic amines is 1. The molecule has 2 aromatic heterocycles. The van der Waals surface area contributed by atoms with E-state index in [2.05, 4.69) is 53.1 Å². The molecule has 3 N–H and O–H groups in total. The Morgan fingerprint density at radius 3 is 2.59 bits per heavy atom. The second-order valence-electron chi connectivity index (χ2n) is 8.46. The first-order valence-corrected chi connectivity index (χ1v) is 11.3. The average molecular weight is 451 g/mol. The highest BCUT2D eigenvalue weighted by Gasteiger charge is 2.14. The van der Waals surface area contributed by atoms with Gasteiger partial charge >= 0.3 is 0 Å². The third-order valence-electron chi connectivity index (χ3n) is 5.06. The molecule has 0 bridgehead atoms. The predicted octanol–water partition coefficient (Wildman–Crippen LogP) is 3.44. The highest BCUT2D eigenvalue weighted by Crippen LogP contribution is 2.24. The van der Waals surface area contributed by atoms with Crippen LogP contribution in [-0.4, -0.2) is 30.6 Å². The highest BCUT2D eigenvalue weighted by atomic mass is 32.2. The van der Waals surface area contributed by atoms with Crippen LogP contribution in [0, 0.1) is 0 Å². The number of para-hydroxylation sites is 1. The van der Waals surface area contributed by atoms with E-state index in [9.17, 15) is 4.79 Å². The molecule has 9 heteroatoms. The molecule has 0 saturated carbocycles. The molecule has 8 nitrogen and oxygen atoms in total. The summed E-state index contributed by atoms with van der Waals surface area (Å²) in [5, 5.41) is 9.45. The third kappa shape index (κ3) is 4.94. The average Bonchev–Trinajstić information content (AvgIpc) is 3.11. The van der Waals surface area contributed by atoms with Gasteiger partial charge in [0, 0.05) is 12.2 Å². The molecule has 0 atom stereocenters. The minimum atomic E-state index is -0.132. The van der Waals surface area contributed by atoms with Crippen molar-refractivity contribution in [3.05, 3.63) is 76.1 Å². The quantitative estimate of drug-likeness (QED) is 0.328. The fourth-order valence-electron chi connectivity index (χ4n) is 3.20. The van der Waals surface area contributed by atoms with Crippen LogP contribution >= 0.6 is 11.8 Å². The van der Waals surface area contributed by atoms with E-state index < -0.39 is 0 Å². The van der Waals surface area contributed by atoms with Gasteiger partial charge in [-0.05, 0) is 35.2 Å². The minimum Gasteiger partial charge on any atom is -0.486 e. The minimum absolute atomic E-state index is 0.0947. The monoisotopic (exact) mass is 450 g/mol. The SMILES string of the molecule is CC(C)(C)c1ccc(OCc2nnc(SCCc3nc4ccccc4c(=O)[nH]3)n2N)cc1. The zero-order chi connectivity index (χ0) is 22.7. The van der Waals surface area contributed by atoms with Crippen molar-refractivity contribution in [3.63, 3.8) is 0 Å². The Hall–Kier alpha value is -3.33. The van der Waals surface area contributed by atoms with E-state index in [-0.39, 0.29) is 17.6 Å². The highest BCUT2D eigenvalue weighted by molar-refractivity contribution is 7.99. The van der Waals surface area contributed by atoms with Gasteiger partial charge in [0.2, 0.25) is 5.16 Å². The van der Waals surface area contributed by atoms with Crippen molar-refractivity contribution in [1.82, 2.24) is 24.8 Å². The Kier molecular flexibility index (Phi) is 6.18. The van der Waals surface area contributed by atoms with E-state index in [1.54, 1.807) is 6.07 Å². The molecule has 4 rings (SSSR count). The van der Waals surface area contributed by atoms with Crippen LogP contribution in [0.4, 0.5) is 0 Å². The number of aryl methyl sites for hydroxylation is 1. The van der Waals surface area contributed by atoms with Gasteiger partial charge in [0.25, 0.3) is 5.56 Å². The van der Waals surface area contributed by atoms with E-state index in [1.165, 1.54) is 22.0 Å². The van der Waals surface area contributed by atoms with Gasteiger partial charge < -0.3 is 15.6 Å². The number of ether oxygens (including phenoxy) is 1. The molecule has 0 fully saturated rings. The number of rotatable bonds is 7. The Balaban J connectivity index is 1.34. The Morgan fingerprint density at radius 2 is 1.84 bits per heavy atom. The maximum Gasteiger partial charge on any atom is 0.258 e. The molecule has 0 spiro atoms. The zero-order valence-corrected chi connectivity index (χ0v) is 19.1. The van der Waals surface area contributed by atoms with E-state index in [0.29, 0.717) is 39.9 Å². The van der Waals surface area contributed by atoms with Gasteiger partial charge in [0.1, 0.15) is 18.2 Å². The molecule has 0 radical (unpaired) electrons. The van der Waals surface area contributed by atoms with Gasteiger partial charge in [-0.2, -0.15) is 0 Å². The summed E-state index contributed by atoms with van der Waals surface area (Å²) in [6, 6.07) is 15.3. The first-order chi connectivity index (χ1) is 15.3. The molecule has 2 heterocycles. The molecule has 0 aliphatic heterocycles. The Labute approximate surface area is 190 Å². The fourth-order valence-corrected chi connectivity index (χ4v) is 4.02. The largest absolute Gasteiger partial charge is 0.486 e. The van der Waals surface area contributed by atoms with Crippen LogP contribution < -0.4 is 16.1 Å². The zero-order valence-electron chi connectivity index (χ0n) is 18.3. The molecular formula is C23H26N6O2S. The Bertz CT molecular complexity index is 1270. The number of benzene rings is 2. The first-order valence-electron chi connectivity index (χ1n) is 10.3. The molecular weight excluding hydrogens is 424 g/mol. The number of hydrogen-bond acceptors (Lipinski definition) is 7. The summed E-state index contributed by atoms with van der Waals surface area (Å²) in [6.07, 6.45) is 0.573. The molecule has 0 aliphatic rings. The topological polar surface area (TPSA) is 112 Å². The predicted molar refractivity (Wildman–Crippen MR) is 126 cm³/mol. The lowest BCUT2D eigenvalue weighted by Gasteiger charge is -2.19. The smallest absolute Gasteiger partial charge is 0.258 e. The number of nitrogens with zero attached hydrogens (tertiary/aromatic N) is 4. The van der Waals surface area contributed by atoms with Crippen molar-refractivity contribution in [3.8, 4) is 5.75 Å². The van der Waals surface area contributed by atoms with Crippen LogP contribution in [0.25, 0.3) is 10.9 Å². The number of nitrogens with one attached hydrogen (secondary N) is 1. The summed E-state index contributed by atoms with van der Waals surface area (Å²) in [7, 11) is 0. The van der Waals surface area contributed by atoms with Crippen molar-refractivity contribution in [2.45, 2.75) is 44.4 Å². The standard InChI is InChI=1S/C23H26N6O2S/c1-23(2,3)15-8-10-16(11-9-15)31-14-20-27-28-22(29(20)24)32-13-12-19-25-18-7-5-4-6-17(18)21(30)26-19/h4-11H,12-14,24H2,1-3H3,(H,25,26,30). The third-order valence-corrected chi connectivity index (χ3v) is 6.00. The van der Waals surface area contributed by atoms with Gasteiger partial charge in [-0.15, -0.1) is 10.2 Å². The summed E-state index contributed by atoms with van der Waals surface area (Å²) >= 11 is 1.45. The van der Waals surface area contributed by atoms with Crippen LogP contribution in [0.2, 0.25) is 0 Å². The summed E-state index contributed by atoms with van der Waals surface area (Å²) in [5.74, 6) is 8.70. The lowest BCUT2D eigenvalue weighted by Crippen LogP contribution is -2.16. The molecule has 0 aliphatic carbocycles. The van der Waals surface area contributed by atoms with Gasteiger partial charge in [0.15, 0.2) is 5.82 Å². The molecule has 166 valence electrons. The summed E-state index contributed by atoms with van der Waals surface area (Å²) in [6.45, 7) is 6.74. The number of nitrogen functional groups attached to an aromatic ring is 1. The molecule has 0 unspecified atom stereocenters. The van der Waals surface area contributed by atoms with Crippen LogP contribution in [0.1, 0.15) is 38.0 Å². The lowest BCUT2D eigenvalue weighted by atomic mass is 9.87. The van der Waals surface area contributed by atoms with Crippen molar-refractivity contribution in [1.29, 1.82) is 0 Å². The number of hydrogen-bond donors (Lipinski definition) is 2. The maximum absolute atomic E-state index is 12.2. The summed E-state index contributed by atoms with van der Waals surface area (Å²) in [4.78, 5) is 19.5. The Morgan fingerprint density at radius 1 is 1.09 bits per heavy atom. The lowest BCUT2D eigenvalue weighted by molar-refractivity contribution is 0.291. The van der Waals surface area contributed by atoms with Crippen molar-refractivity contribution in [2.75, 3.05) is 11.6 Å². The summed E-state index contributed by atoms with van der Waals surface area (Å²) in [5.41, 5.74) is 1.89. The second kappa shape index (κ2) is 9.04. The maximum atomic E-state index is 12.2. The van der Waals surface area contributed by atoms with E-state index in [1.807, 2.05) is 30.3 Å². The van der Waals surface area contributed by atoms with Gasteiger partial charge in [-0.25, -0.2) is 9.66 Å². The van der Waals surface area contributed by atoms with Crippen molar-refractivity contribution < 1.29 is 4.74 Å². The number of aromatic nitrogens is 5.